The Morgan fingerprint density at radius 3 is 2.87 bits per heavy atom. The number of ether oxygens (including phenoxy) is 1. The zero-order valence-electron chi connectivity index (χ0n) is 12.9. The molecule has 1 N–H and O–H groups in total. The normalized spacial score (nSPS) is 26.3. The SMILES string of the molecule is Cn1cccc1C(=O)N[C@@H]1CN(c2ncccn2)[C@@H]2COC[C@@H]21. The molecule has 4 heterocycles. The van der Waals surface area contributed by atoms with Crippen molar-refractivity contribution in [1.82, 2.24) is 19.9 Å². The van der Waals surface area contributed by atoms with Crippen molar-refractivity contribution in [3.8, 4) is 0 Å². The molecule has 7 heteroatoms. The van der Waals surface area contributed by atoms with Gasteiger partial charge in [0.2, 0.25) is 5.95 Å². The van der Waals surface area contributed by atoms with Gasteiger partial charge < -0.3 is 19.5 Å². The highest BCUT2D eigenvalue weighted by Crippen LogP contribution is 2.32. The Morgan fingerprint density at radius 1 is 1.30 bits per heavy atom. The van der Waals surface area contributed by atoms with Crippen LogP contribution >= 0.6 is 0 Å². The smallest absolute Gasteiger partial charge is 0.268 e. The highest BCUT2D eigenvalue weighted by molar-refractivity contribution is 5.93. The summed E-state index contributed by atoms with van der Waals surface area (Å²) in [7, 11) is 1.87. The molecular weight excluding hydrogens is 294 g/mol. The summed E-state index contributed by atoms with van der Waals surface area (Å²) in [6.07, 6.45) is 5.35. The van der Waals surface area contributed by atoms with Crippen LogP contribution in [-0.4, -0.2) is 52.3 Å². The van der Waals surface area contributed by atoms with Gasteiger partial charge in [0.25, 0.3) is 5.91 Å². The first-order valence-corrected chi connectivity index (χ1v) is 7.77. The summed E-state index contributed by atoms with van der Waals surface area (Å²) < 4.78 is 7.46. The first kappa shape index (κ1) is 14.2. The van der Waals surface area contributed by atoms with Crippen LogP contribution in [0, 0.1) is 5.92 Å². The summed E-state index contributed by atoms with van der Waals surface area (Å²) in [5, 5.41) is 3.16. The number of anilines is 1. The van der Waals surface area contributed by atoms with Gasteiger partial charge in [0.05, 0.1) is 25.3 Å². The lowest BCUT2D eigenvalue weighted by molar-refractivity contribution is 0.0916. The quantitative estimate of drug-likeness (QED) is 0.891. The number of rotatable bonds is 3. The molecular formula is C16H19N5O2. The fourth-order valence-corrected chi connectivity index (χ4v) is 3.51. The monoisotopic (exact) mass is 313 g/mol. The van der Waals surface area contributed by atoms with Gasteiger partial charge in [-0.3, -0.25) is 4.79 Å². The van der Waals surface area contributed by atoms with Crippen LogP contribution in [0.2, 0.25) is 0 Å². The number of fused-ring (bicyclic) bond motifs is 1. The van der Waals surface area contributed by atoms with Crippen molar-refractivity contribution >= 4 is 11.9 Å². The lowest BCUT2D eigenvalue weighted by Crippen LogP contribution is -2.42. The van der Waals surface area contributed by atoms with Crippen LogP contribution < -0.4 is 10.2 Å². The Balaban J connectivity index is 1.53. The van der Waals surface area contributed by atoms with E-state index in [9.17, 15) is 4.79 Å². The third kappa shape index (κ3) is 2.46. The number of aromatic nitrogens is 3. The van der Waals surface area contributed by atoms with Crippen molar-refractivity contribution in [2.45, 2.75) is 12.1 Å². The van der Waals surface area contributed by atoms with Crippen LogP contribution in [0.3, 0.4) is 0 Å². The minimum Gasteiger partial charge on any atom is -0.379 e. The molecule has 23 heavy (non-hydrogen) atoms. The van der Waals surface area contributed by atoms with Crippen molar-refractivity contribution in [2.75, 3.05) is 24.7 Å². The number of amides is 1. The average molecular weight is 313 g/mol. The zero-order chi connectivity index (χ0) is 15.8. The number of aryl methyl sites for hydroxylation is 1. The van der Waals surface area contributed by atoms with Crippen LogP contribution in [0.4, 0.5) is 5.95 Å². The third-order valence-electron chi connectivity index (χ3n) is 4.71. The van der Waals surface area contributed by atoms with E-state index in [1.54, 1.807) is 18.5 Å². The lowest BCUT2D eigenvalue weighted by Gasteiger charge is -2.21. The van der Waals surface area contributed by atoms with Gasteiger partial charge in [-0.15, -0.1) is 0 Å². The molecule has 2 aromatic rings. The molecule has 2 aliphatic heterocycles. The summed E-state index contributed by atoms with van der Waals surface area (Å²) in [6.45, 7) is 2.02. The van der Waals surface area contributed by atoms with E-state index in [4.69, 9.17) is 4.74 Å². The molecule has 0 spiro atoms. The van der Waals surface area contributed by atoms with Gasteiger partial charge in [0.1, 0.15) is 5.69 Å². The Bertz CT molecular complexity index is 702. The molecule has 4 rings (SSSR count). The number of hydrogen-bond donors (Lipinski definition) is 1. The Labute approximate surface area is 134 Å². The maximum Gasteiger partial charge on any atom is 0.268 e. The second kappa shape index (κ2) is 5.66. The van der Waals surface area contributed by atoms with E-state index in [1.165, 1.54) is 0 Å². The molecule has 3 atom stereocenters. The molecule has 0 saturated carbocycles. The fraction of sp³-hybridized carbons (Fsp3) is 0.438. The number of hydrogen-bond acceptors (Lipinski definition) is 5. The largest absolute Gasteiger partial charge is 0.379 e. The third-order valence-corrected chi connectivity index (χ3v) is 4.71. The average Bonchev–Trinajstić information content (AvgIpc) is 3.26. The minimum atomic E-state index is -0.0519. The molecule has 2 aliphatic rings. The van der Waals surface area contributed by atoms with E-state index in [1.807, 2.05) is 29.9 Å². The minimum absolute atomic E-state index is 0.0358. The summed E-state index contributed by atoms with van der Waals surface area (Å²) >= 11 is 0. The van der Waals surface area contributed by atoms with Crippen molar-refractivity contribution in [3.63, 3.8) is 0 Å². The summed E-state index contributed by atoms with van der Waals surface area (Å²) in [5.74, 6) is 0.913. The van der Waals surface area contributed by atoms with Gasteiger partial charge in [-0.2, -0.15) is 0 Å². The summed E-state index contributed by atoms with van der Waals surface area (Å²) in [6, 6.07) is 5.75. The first-order chi connectivity index (χ1) is 11.2. The van der Waals surface area contributed by atoms with Crippen LogP contribution in [-0.2, 0) is 11.8 Å². The number of carbonyl (C=O) groups excluding carboxylic acids is 1. The maximum absolute atomic E-state index is 12.5. The predicted octanol–water partition coefficient (Wildman–Crippen LogP) is 0.449. The molecule has 1 amide bonds. The van der Waals surface area contributed by atoms with E-state index in [-0.39, 0.29) is 23.9 Å². The molecule has 2 saturated heterocycles. The molecule has 0 aromatic carbocycles. The standard InChI is InChI=1S/C16H19N5O2/c1-20-7-2-4-13(20)15(22)19-12-8-21(14-10-23-9-11(12)14)16-17-5-3-6-18-16/h2-7,11-12,14H,8-10H2,1H3,(H,19,22)/t11-,12-,14-/m1/s1. The Hall–Kier alpha value is -2.41. The summed E-state index contributed by atoms with van der Waals surface area (Å²) in [5.41, 5.74) is 0.662. The van der Waals surface area contributed by atoms with E-state index in [0.717, 1.165) is 0 Å². The van der Waals surface area contributed by atoms with Crippen LogP contribution in [0.5, 0.6) is 0 Å². The molecule has 2 fully saturated rings. The predicted molar refractivity (Wildman–Crippen MR) is 84.1 cm³/mol. The van der Waals surface area contributed by atoms with Gasteiger partial charge in [0, 0.05) is 38.1 Å². The van der Waals surface area contributed by atoms with E-state index >= 15 is 0 Å². The van der Waals surface area contributed by atoms with Crippen molar-refractivity contribution in [1.29, 1.82) is 0 Å². The second-order valence-electron chi connectivity index (χ2n) is 6.05. The van der Waals surface area contributed by atoms with Crippen LogP contribution in [0.1, 0.15) is 10.5 Å². The van der Waals surface area contributed by atoms with Gasteiger partial charge in [0.15, 0.2) is 0 Å². The van der Waals surface area contributed by atoms with E-state index < -0.39 is 0 Å². The van der Waals surface area contributed by atoms with E-state index in [0.29, 0.717) is 31.4 Å². The van der Waals surface area contributed by atoms with Crippen LogP contribution in [0.25, 0.3) is 0 Å². The zero-order valence-corrected chi connectivity index (χ0v) is 12.9. The Kier molecular flexibility index (Phi) is 3.49. The van der Waals surface area contributed by atoms with Gasteiger partial charge in [-0.25, -0.2) is 9.97 Å². The molecule has 0 aliphatic carbocycles. The molecule has 0 unspecified atom stereocenters. The second-order valence-corrected chi connectivity index (χ2v) is 6.05. The number of nitrogens with one attached hydrogen (secondary N) is 1. The molecule has 0 bridgehead atoms. The van der Waals surface area contributed by atoms with Gasteiger partial charge >= 0.3 is 0 Å². The van der Waals surface area contributed by atoms with Crippen LogP contribution in [0.15, 0.2) is 36.8 Å². The maximum atomic E-state index is 12.5. The summed E-state index contributed by atoms with van der Waals surface area (Å²) in [4.78, 5) is 23.3. The Morgan fingerprint density at radius 2 is 2.13 bits per heavy atom. The number of nitrogens with zero attached hydrogens (tertiary/aromatic N) is 4. The lowest BCUT2D eigenvalue weighted by atomic mass is 10.00. The molecule has 0 radical (unpaired) electrons. The molecule has 2 aromatic heterocycles. The van der Waals surface area contributed by atoms with Gasteiger partial charge in [-0.05, 0) is 18.2 Å². The van der Waals surface area contributed by atoms with Crippen molar-refractivity contribution in [3.05, 3.63) is 42.5 Å². The van der Waals surface area contributed by atoms with Crippen molar-refractivity contribution < 1.29 is 9.53 Å². The molecule has 7 nitrogen and oxygen atoms in total. The highest BCUT2D eigenvalue weighted by atomic mass is 16.5. The van der Waals surface area contributed by atoms with E-state index in [2.05, 4.69) is 20.2 Å². The fourth-order valence-electron chi connectivity index (χ4n) is 3.51. The number of carbonyl (C=O) groups is 1. The van der Waals surface area contributed by atoms with Gasteiger partial charge in [-0.1, -0.05) is 0 Å². The highest BCUT2D eigenvalue weighted by Gasteiger charge is 2.47. The topological polar surface area (TPSA) is 72.3 Å². The van der Waals surface area contributed by atoms with Crippen molar-refractivity contribution in [2.24, 2.45) is 13.0 Å². The first-order valence-electron chi connectivity index (χ1n) is 7.77. The molecule has 120 valence electrons.